The van der Waals surface area contributed by atoms with Gasteiger partial charge in [-0.15, -0.1) is 0 Å². The Morgan fingerprint density at radius 1 is 1.15 bits per heavy atom. The van der Waals surface area contributed by atoms with Crippen molar-refractivity contribution in [1.82, 2.24) is 24.9 Å². The first-order valence-electron chi connectivity index (χ1n) is 9.75. The third kappa shape index (κ3) is 6.02. The summed E-state index contributed by atoms with van der Waals surface area (Å²) in [6.45, 7) is 6.18. The molecule has 2 heterocycles. The van der Waals surface area contributed by atoms with Crippen LogP contribution >= 0.6 is 0 Å². The average Bonchev–Trinajstić information content (AvgIpc) is 3.12. The van der Waals surface area contributed by atoms with E-state index in [2.05, 4.69) is 10.2 Å². The minimum atomic E-state index is -0.0715. The van der Waals surface area contributed by atoms with Crippen LogP contribution in [0.3, 0.4) is 0 Å². The van der Waals surface area contributed by atoms with Crippen molar-refractivity contribution < 1.29 is 14.3 Å². The van der Waals surface area contributed by atoms with Gasteiger partial charge in [0.2, 0.25) is 0 Å². The third-order valence-electron chi connectivity index (χ3n) is 5.21. The van der Waals surface area contributed by atoms with E-state index in [1.165, 1.54) is 19.3 Å². The molecule has 1 atom stereocenters. The van der Waals surface area contributed by atoms with Crippen molar-refractivity contribution >= 4 is 12.1 Å². The van der Waals surface area contributed by atoms with E-state index in [-0.39, 0.29) is 18.1 Å². The highest BCUT2D eigenvalue weighted by Crippen LogP contribution is 2.18. The number of methoxy groups -OCH3 is 1. The Kier molecular flexibility index (Phi) is 8.44. The minimum Gasteiger partial charge on any atom is -0.383 e. The van der Waals surface area contributed by atoms with E-state index in [0.717, 1.165) is 32.6 Å². The Balaban J connectivity index is 1.88. The number of carbonyl (C=O) groups excluding carboxylic acids is 2. The average molecular weight is 370 g/mol. The quantitative estimate of drug-likeness (QED) is 0.677. The second-order valence-electron chi connectivity index (χ2n) is 7.39. The largest absolute Gasteiger partial charge is 0.383 e. The van der Waals surface area contributed by atoms with Crippen LogP contribution in [0, 0.1) is 0 Å². The zero-order valence-corrected chi connectivity index (χ0v) is 16.6. The van der Waals surface area contributed by atoms with Crippen molar-refractivity contribution in [2.24, 2.45) is 0 Å². The number of ether oxygens (including phenoxy) is 1. The monoisotopic (exact) mass is 369 g/mol. The van der Waals surface area contributed by atoms with Gasteiger partial charge in [0.15, 0.2) is 0 Å². The molecule has 0 aliphatic carbocycles. The predicted molar refractivity (Wildman–Crippen MR) is 101 cm³/mol. The van der Waals surface area contributed by atoms with E-state index < -0.39 is 0 Å². The summed E-state index contributed by atoms with van der Waals surface area (Å²) in [6, 6.07) is 0.0503. The van der Waals surface area contributed by atoms with Crippen LogP contribution in [0.2, 0.25) is 0 Å². The van der Waals surface area contributed by atoms with Gasteiger partial charge < -0.3 is 29.7 Å². The van der Waals surface area contributed by atoms with Crippen molar-refractivity contribution in [3.63, 3.8) is 0 Å². The molecule has 2 aliphatic heterocycles. The smallest absolute Gasteiger partial charge is 0.319 e. The maximum atomic E-state index is 12.7. The van der Waals surface area contributed by atoms with Gasteiger partial charge in [-0.1, -0.05) is 6.42 Å². The van der Waals surface area contributed by atoms with Gasteiger partial charge >= 0.3 is 12.1 Å². The molecule has 0 radical (unpaired) electrons. The SMILES string of the molecule is COCCNC(=O)N1CCC(N(CCN2CCCCC2)C(=O)N(C)C)C1. The molecule has 26 heavy (non-hydrogen) atoms. The molecule has 0 bridgehead atoms. The molecule has 1 N–H and O–H groups in total. The molecule has 8 nitrogen and oxygen atoms in total. The van der Waals surface area contributed by atoms with Crippen LogP contribution in [0.4, 0.5) is 9.59 Å². The molecule has 4 amide bonds. The first-order chi connectivity index (χ1) is 12.5. The first kappa shape index (κ1) is 20.8. The zero-order valence-electron chi connectivity index (χ0n) is 16.6. The summed E-state index contributed by atoms with van der Waals surface area (Å²) in [5, 5.41) is 2.86. The van der Waals surface area contributed by atoms with Gasteiger partial charge in [0.05, 0.1) is 12.6 Å². The van der Waals surface area contributed by atoms with Crippen LogP contribution in [-0.4, -0.2) is 111 Å². The molecule has 0 aromatic heterocycles. The highest BCUT2D eigenvalue weighted by molar-refractivity contribution is 5.76. The van der Waals surface area contributed by atoms with Crippen molar-refractivity contribution in [3.05, 3.63) is 0 Å². The van der Waals surface area contributed by atoms with Gasteiger partial charge in [-0.05, 0) is 32.4 Å². The Morgan fingerprint density at radius 2 is 1.88 bits per heavy atom. The van der Waals surface area contributed by atoms with E-state index in [0.29, 0.717) is 26.2 Å². The number of nitrogens with one attached hydrogen (secondary N) is 1. The standard InChI is InChI=1S/C18H35N5O3/c1-20(2)18(25)23(13-12-21-9-5-4-6-10-21)16-7-11-22(15-16)17(24)19-8-14-26-3/h16H,4-15H2,1-3H3,(H,19,24). The fraction of sp³-hybridized carbons (Fsp3) is 0.889. The van der Waals surface area contributed by atoms with Crippen LogP contribution in [0.25, 0.3) is 0 Å². The van der Waals surface area contributed by atoms with Crippen LogP contribution in [0.15, 0.2) is 0 Å². The zero-order chi connectivity index (χ0) is 18.9. The van der Waals surface area contributed by atoms with E-state index in [1.54, 1.807) is 31.0 Å². The van der Waals surface area contributed by atoms with Crippen LogP contribution in [-0.2, 0) is 4.74 Å². The number of urea groups is 2. The summed E-state index contributed by atoms with van der Waals surface area (Å²) in [5.74, 6) is 0. The summed E-state index contributed by atoms with van der Waals surface area (Å²) in [5.41, 5.74) is 0. The molecule has 0 aromatic rings. The lowest BCUT2D eigenvalue weighted by Crippen LogP contribution is -2.50. The van der Waals surface area contributed by atoms with Crippen LogP contribution in [0.5, 0.6) is 0 Å². The number of likely N-dealkylation sites (tertiary alicyclic amines) is 2. The van der Waals surface area contributed by atoms with Crippen molar-refractivity contribution in [1.29, 1.82) is 0 Å². The van der Waals surface area contributed by atoms with Crippen molar-refractivity contribution in [2.45, 2.75) is 31.7 Å². The molecule has 2 aliphatic rings. The van der Waals surface area contributed by atoms with E-state index in [4.69, 9.17) is 4.74 Å². The maximum absolute atomic E-state index is 12.7. The molecule has 0 aromatic carbocycles. The summed E-state index contributed by atoms with van der Waals surface area (Å²) >= 11 is 0. The summed E-state index contributed by atoms with van der Waals surface area (Å²) < 4.78 is 4.97. The van der Waals surface area contributed by atoms with E-state index in [9.17, 15) is 9.59 Å². The molecule has 2 rings (SSSR count). The maximum Gasteiger partial charge on any atom is 0.319 e. The molecule has 150 valence electrons. The molecule has 0 saturated carbocycles. The number of nitrogens with zero attached hydrogens (tertiary/aromatic N) is 4. The van der Waals surface area contributed by atoms with Gasteiger partial charge in [-0.3, -0.25) is 0 Å². The molecule has 2 fully saturated rings. The van der Waals surface area contributed by atoms with Crippen molar-refractivity contribution in [2.75, 3.05) is 73.6 Å². The number of piperidine rings is 1. The minimum absolute atomic E-state index is 0.0358. The molecule has 1 unspecified atom stereocenters. The van der Waals surface area contributed by atoms with Gasteiger partial charge in [-0.25, -0.2) is 9.59 Å². The second kappa shape index (κ2) is 10.6. The Morgan fingerprint density at radius 3 is 2.54 bits per heavy atom. The molecular weight excluding hydrogens is 334 g/mol. The lowest BCUT2D eigenvalue weighted by atomic mass is 10.1. The van der Waals surface area contributed by atoms with Crippen LogP contribution < -0.4 is 5.32 Å². The topological polar surface area (TPSA) is 68.4 Å². The normalized spacial score (nSPS) is 20.9. The van der Waals surface area contributed by atoms with E-state index in [1.807, 2.05) is 4.90 Å². The fourth-order valence-electron chi connectivity index (χ4n) is 3.68. The number of hydrogen-bond acceptors (Lipinski definition) is 4. The summed E-state index contributed by atoms with van der Waals surface area (Å²) in [4.78, 5) is 32.8. The molecule has 0 spiro atoms. The number of carbonyl (C=O) groups is 2. The van der Waals surface area contributed by atoms with Gasteiger partial charge in [-0.2, -0.15) is 0 Å². The number of amides is 4. The lowest BCUT2D eigenvalue weighted by molar-refractivity contribution is 0.132. The van der Waals surface area contributed by atoms with Crippen LogP contribution in [0.1, 0.15) is 25.7 Å². The first-order valence-corrected chi connectivity index (χ1v) is 9.75. The fourth-order valence-corrected chi connectivity index (χ4v) is 3.68. The summed E-state index contributed by atoms with van der Waals surface area (Å²) in [7, 11) is 5.20. The Hall–Kier alpha value is -1.54. The lowest BCUT2D eigenvalue weighted by Gasteiger charge is -2.34. The number of rotatable bonds is 7. The highest BCUT2D eigenvalue weighted by Gasteiger charge is 2.33. The van der Waals surface area contributed by atoms with Gasteiger partial charge in [0.1, 0.15) is 0 Å². The van der Waals surface area contributed by atoms with E-state index >= 15 is 0 Å². The molecule has 2 saturated heterocycles. The highest BCUT2D eigenvalue weighted by atomic mass is 16.5. The predicted octanol–water partition coefficient (Wildman–Crippen LogP) is 0.886. The Labute approximate surface area is 157 Å². The van der Waals surface area contributed by atoms with Gasteiger partial charge in [0, 0.05) is 53.9 Å². The molecule has 8 heteroatoms. The number of hydrogen-bond donors (Lipinski definition) is 1. The van der Waals surface area contributed by atoms with Crippen molar-refractivity contribution in [3.8, 4) is 0 Å². The van der Waals surface area contributed by atoms with Gasteiger partial charge in [0.25, 0.3) is 0 Å². The summed E-state index contributed by atoms with van der Waals surface area (Å²) in [6.07, 6.45) is 4.64. The Bertz CT molecular complexity index is 454. The third-order valence-corrected chi connectivity index (χ3v) is 5.21. The molecular formula is C18H35N5O3. The second-order valence-corrected chi connectivity index (χ2v) is 7.39.